The zero-order valence-electron chi connectivity index (χ0n) is 24.7. The molecule has 0 unspecified atom stereocenters. The molecule has 0 aliphatic rings. The highest BCUT2D eigenvalue weighted by atomic mass is 32.1. The van der Waals surface area contributed by atoms with Crippen LogP contribution in [0.3, 0.4) is 0 Å². The smallest absolute Gasteiger partial charge is 0.0530 e. The second-order valence-corrected chi connectivity index (χ2v) is 13.8. The first-order valence-electron chi connectivity index (χ1n) is 15.7. The highest BCUT2D eigenvalue weighted by Gasteiger charge is 2.20. The highest BCUT2D eigenvalue weighted by molar-refractivity contribution is 7.30. The van der Waals surface area contributed by atoms with Crippen molar-refractivity contribution in [2.24, 2.45) is 0 Å². The van der Waals surface area contributed by atoms with Crippen LogP contribution in [0.1, 0.15) is 63.5 Å². The zero-order valence-corrected chi connectivity index (χ0v) is 26.3. The summed E-state index contributed by atoms with van der Waals surface area (Å²) in [5.41, 5.74) is 5.91. The molecule has 0 fully saturated rings. The third-order valence-corrected chi connectivity index (χ3v) is 11.3. The number of unbranched alkanes of at least 4 members (excludes halogenated alkanes) is 4. The molecule has 0 saturated carbocycles. The maximum absolute atomic E-state index is 2.53. The predicted molar refractivity (Wildman–Crippen MR) is 190 cm³/mol. The number of aryl methyl sites for hydroxylation is 2. The van der Waals surface area contributed by atoms with Crippen molar-refractivity contribution in [3.8, 4) is 20.9 Å². The number of benzene rings is 5. The van der Waals surface area contributed by atoms with Crippen molar-refractivity contribution in [3.05, 3.63) is 108 Å². The van der Waals surface area contributed by atoms with Gasteiger partial charge >= 0.3 is 0 Å². The van der Waals surface area contributed by atoms with Gasteiger partial charge in [-0.1, -0.05) is 112 Å². The van der Waals surface area contributed by atoms with E-state index >= 15 is 0 Å². The molecular weight excluding hydrogens is 545 g/mol. The van der Waals surface area contributed by atoms with Crippen LogP contribution in [0.25, 0.3) is 62.6 Å². The summed E-state index contributed by atoms with van der Waals surface area (Å²) in [6.07, 6.45) is 9.98. The zero-order chi connectivity index (χ0) is 28.5. The second-order valence-electron chi connectivity index (χ2n) is 11.7. The Labute approximate surface area is 257 Å². The van der Waals surface area contributed by atoms with Crippen LogP contribution >= 0.6 is 22.7 Å². The minimum absolute atomic E-state index is 1.18. The molecule has 0 spiro atoms. The van der Waals surface area contributed by atoms with Gasteiger partial charge in [-0.05, 0) is 105 Å². The Morgan fingerprint density at radius 2 is 0.881 bits per heavy atom. The monoisotopic (exact) mass is 582 g/mol. The lowest BCUT2D eigenvalue weighted by molar-refractivity contribution is 0.698. The molecule has 0 atom stereocenters. The molecule has 0 bridgehead atoms. The van der Waals surface area contributed by atoms with Gasteiger partial charge < -0.3 is 0 Å². The topological polar surface area (TPSA) is 0 Å². The first-order chi connectivity index (χ1) is 20.7. The van der Waals surface area contributed by atoms with E-state index in [0.717, 1.165) is 0 Å². The van der Waals surface area contributed by atoms with Gasteiger partial charge in [0.25, 0.3) is 0 Å². The Bertz CT molecular complexity index is 1870. The van der Waals surface area contributed by atoms with E-state index in [9.17, 15) is 0 Å². The van der Waals surface area contributed by atoms with Crippen LogP contribution in [0.2, 0.25) is 0 Å². The van der Waals surface area contributed by atoms with Gasteiger partial charge in [-0.3, -0.25) is 0 Å². The summed E-state index contributed by atoms with van der Waals surface area (Å²) in [6, 6.07) is 36.5. The summed E-state index contributed by atoms with van der Waals surface area (Å²) in [5.74, 6) is 0. The average molecular weight is 583 g/mol. The molecule has 2 aromatic heterocycles. The van der Waals surface area contributed by atoms with Gasteiger partial charge in [0, 0.05) is 9.75 Å². The van der Waals surface area contributed by atoms with Crippen molar-refractivity contribution in [2.45, 2.75) is 65.2 Å². The van der Waals surface area contributed by atoms with E-state index in [1.54, 1.807) is 11.1 Å². The normalized spacial score (nSPS) is 11.9. The maximum Gasteiger partial charge on any atom is 0.0530 e. The van der Waals surface area contributed by atoms with Gasteiger partial charge in [-0.15, -0.1) is 22.7 Å². The third-order valence-electron chi connectivity index (χ3n) is 8.81. The van der Waals surface area contributed by atoms with Crippen molar-refractivity contribution in [2.75, 3.05) is 0 Å². The molecule has 0 saturated heterocycles. The van der Waals surface area contributed by atoms with Crippen LogP contribution in [0.4, 0.5) is 0 Å². The Morgan fingerprint density at radius 1 is 0.452 bits per heavy atom. The van der Waals surface area contributed by atoms with Crippen LogP contribution in [-0.2, 0) is 12.8 Å². The van der Waals surface area contributed by atoms with Gasteiger partial charge in [0.2, 0.25) is 0 Å². The summed E-state index contributed by atoms with van der Waals surface area (Å²) >= 11 is 4.00. The van der Waals surface area contributed by atoms with Crippen LogP contribution < -0.4 is 0 Å². The Morgan fingerprint density at radius 3 is 1.31 bits per heavy atom. The average Bonchev–Trinajstić information content (AvgIpc) is 3.67. The van der Waals surface area contributed by atoms with Gasteiger partial charge in [0.15, 0.2) is 0 Å². The first-order valence-corrected chi connectivity index (χ1v) is 17.4. The molecule has 0 aliphatic heterocycles. The van der Waals surface area contributed by atoms with E-state index in [1.807, 2.05) is 22.7 Å². The molecule has 0 N–H and O–H groups in total. The molecule has 0 aliphatic carbocycles. The van der Waals surface area contributed by atoms with Crippen LogP contribution in [0.15, 0.2) is 97.1 Å². The molecular formula is C40H38S2. The van der Waals surface area contributed by atoms with Crippen molar-refractivity contribution >= 4 is 64.4 Å². The fourth-order valence-electron chi connectivity index (χ4n) is 6.54. The Kier molecular flexibility index (Phi) is 7.84. The van der Waals surface area contributed by atoms with Crippen molar-refractivity contribution in [1.82, 2.24) is 0 Å². The van der Waals surface area contributed by atoms with E-state index < -0.39 is 0 Å². The molecule has 0 radical (unpaired) electrons. The molecule has 7 rings (SSSR count). The molecule has 210 valence electrons. The van der Waals surface area contributed by atoms with Gasteiger partial charge in [0.1, 0.15) is 0 Å². The molecule has 42 heavy (non-hydrogen) atoms. The Hall–Kier alpha value is -3.46. The molecule has 2 heteroatoms. The lowest BCUT2D eigenvalue weighted by Gasteiger charge is -2.14. The number of fused-ring (bicyclic) bond motifs is 5. The standard InChI is InChI=1S/C40H38S2/c1-3-5-7-17-33-34(18-8-6-4-2)36-26-38(32-22-20-28-14-10-12-16-30(28)24-32)42-40(36)39-35(33)25-37(41-39)31-21-19-27-13-9-11-15-29(27)23-31/h9-16,19-26H,3-8,17-18H2,1-2H3. The van der Waals surface area contributed by atoms with Crippen LogP contribution in [0.5, 0.6) is 0 Å². The molecule has 2 heterocycles. The summed E-state index contributed by atoms with van der Waals surface area (Å²) in [4.78, 5) is 2.78. The minimum Gasteiger partial charge on any atom is -0.134 e. The molecule has 0 amide bonds. The third kappa shape index (κ3) is 5.16. The van der Waals surface area contributed by atoms with Gasteiger partial charge in [0.05, 0.1) is 9.40 Å². The van der Waals surface area contributed by atoms with Gasteiger partial charge in [-0.2, -0.15) is 0 Å². The van der Waals surface area contributed by atoms with Crippen LogP contribution in [-0.4, -0.2) is 0 Å². The fourth-order valence-corrected chi connectivity index (χ4v) is 9.06. The van der Waals surface area contributed by atoms with E-state index in [4.69, 9.17) is 0 Å². The summed E-state index contributed by atoms with van der Waals surface area (Å²) < 4.78 is 2.96. The minimum atomic E-state index is 1.18. The van der Waals surface area contributed by atoms with Crippen molar-refractivity contribution < 1.29 is 0 Å². The van der Waals surface area contributed by atoms with E-state index in [1.165, 1.54) is 114 Å². The summed E-state index contributed by atoms with van der Waals surface area (Å²) in [7, 11) is 0. The summed E-state index contributed by atoms with van der Waals surface area (Å²) in [6.45, 7) is 4.64. The molecule has 5 aromatic carbocycles. The van der Waals surface area contributed by atoms with E-state index in [0.29, 0.717) is 0 Å². The Balaban J connectivity index is 1.45. The maximum atomic E-state index is 2.53. The van der Waals surface area contributed by atoms with Crippen molar-refractivity contribution in [3.63, 3.8) is 0 Å². The quantitative estimate of drug-likeness (QED) is 0.141. The first kappa shape index (κ1) is 27.4. The van der Waals surface area contributed by atoms with Crippen molar-refractivity contribution in [1.29, 1.82) is 0 Å². The number of thiophene rings is 2. The number of rotatable bonds is 10. The van der Waals surface area contributed by atoms with Gasteiger partial charge in [-0.25, -0.2) is 0 Å². The lowest BCUT2D eigenvalue weighted by Crippen LogP contribution is -1.97. The lowest BCUT2D eigenvalue weighted by atomic mass is 9.91. The fraction of sp³-hybridized carbons (Fsp3) is 0.250. The predicted octanol–water partition coefficient (Wildman–Crippen LogP) is 13.2. The van der Waals surface area contributed by atoms with E-state index in [2.05, 4.69) is 111 Å². The highest BCUT2D eigenvalue weighted by Crippen LogP contribution is 2.47. The molecule has 0 nitrogen and oxygen atoms in total. The number of hydrogen-bond acceptors (Lipinski definition) is 2. The second kappa shape index (κ2) is 12.0. The van der Waals surface area contributed by atoms with E-state index in [-0.39, 0.29) is 0 Å². The molecule has 7 aromatic rings. The number of hydrogen-bond donors (Lipinski definition) is 0. The SMILES string of the molecule is CCCCCc1c(CCCCC)c2cc(-c3ccc4ccccc4c3)sc2c2sc(-c3ccc4ccccc4c3)cc12. The summed E-state index contributed by atoms with van der Waals surface area (Å²) in [5, 5.41) is 8.25. The largest absolute Gasteiger partial charge is 0.134 e. The van der Waals surface area contributed by atoms with Crippen LogP contribution in [0, 0.1) is 0 Å².